The summed E-state index contributed by atoms with van der Waals surface area (Å²) >= 11 is 0. The number of carbonyl (C=O) groups is 3. The smallest absolute Gasteiger partial charge is 0.329 e. The average molecular weight is 371 g/mol. The lowest BCUT2D eigenvalue weighted by molar-refractivity contribution is -0.159. The second-order valence-corrected chi connectivity index (χ2v) is 6.54. The average Bonchev–Trinajstić information content (AvgIpc) is 2.64. The fraction of sp³-hybridized carbons (Fsp3) is 0.476. The number of nitrogens with zero attached hydrogens (tertiary/aromatic N) is 1. The summed E-state index contributed by atoms with van der Waals surface area (Å²) in [6, 6.07) is 9.37. The van der Waals surface area contributed by atoms with E-state index < -0.39 is 18.8 Å². The maximum absolute atomic E-state index is 12.4. The largest absolute Gasteiger partial charge is 0.480 e. The molecule has 0 bridgehead atoms. The Morgan fingerprint density at radius 1 is 1.33 bits per heavy atom. The van der Waals surface area contributed by atoms with E-state index in [-0.39, 0.29) is 17.7 Å². The van der Waals surface area contributed by atoms with Crippen molar-refractivity contribution in [3.05, 3.63) is 35.9 Å². The number of carboxylic acids is 1. The first kappa shape index (κ1) is 20.7. The Kier molecular flexibility index (Phi) is 8.02. The van der Waals surface area contributed by atoms with Crippen molar-refractivity contribution in [2.24, 2.45) is 0 Å². The molecule has 1 N–H and O–H groups in total. The number of aliphatic carboxylic acids is 1. The lowest BCUT2D eigenvalue weighted by Gasteiger charge is -2.38. The third-order valence-electron chi connectivity index (χ3n) is 4.50. The van der Waals surface area contributed by atoms with Crippen molar-refractivity contribution in [2.75, 3.05) is 6.61 Å². The number of Topliss-reactive ketones (excluding diaryl/α,β-unsaturated/α-hetero) is 1. The van der Waals surface area contributed by atoms with Crippen molar-refractivity contribution in [3.63, 3.8) is 0 Å². The number of hydrogen-bond donors (Lipinski definition) is 1. The molecule has 2 rings (SSSR count). The van der Waals surface area contributed by atoms with E-state index in [1.54, 1.807) is 6.92 Å². The van der Waals surface area contributed by atoms with Crippen molar-refractivity contribution >= 4 is 17.7 Å². The van der Waals surface area contributed by atoms with Crippen molar-refractivity contribution < 1.29 is 24.2 Å². The standard InChI is InChI=1S/C21H25NO5/c1-2-7-20(27-15-21(25)26)22-17(10-6-11-19(22)24)12-13-18(23)14-16-8-4-3-5-9-16/h3-5,8-9,17,20H,6,10-15H2,1H3,(H,25,26). The number of carboxylic acid groups (broad SMARTS) is 1. The molecule has 1 amide bonds. The summed E-state index contributed by atoms with van der Waals surface area (Å²) in [6.07, 6.45) is 2.24. The van der Waals surface area contributed by atoms with Crippen molar-refractivity contribution in [2.45, 2.75) is 57.7 Å². The molecule has 27 heavy (non-hydrogen) atoms. The van der Waals surface area contributed by atoms with Crippen molar-refractivity contribution in [1.82, 2.24) is 4.90 Å². The highest BCUT2D eigenvalue weighted by Gasteiger charge is 2.34. The molecule has 0 radical (unpaired) electrons. The fourth-order valence-electron chi connectivity index (χ4n) is 3.27. The number of likely N-dealkylation sites (tertiary alicyclic amines) is 1. The summed E-state index contributed by atoms with van der Waals surface area (Å²) in [6.45, 7) is 1.09. The van der Waals surface area contributed by atoms with Crippen molar-refractivity contribution in [1.29, 1.82) is 0 Å². The number of carbonyl (C=O) groups excluding carboxylic acids is 2. The molecule has 1 aromatic carbocycles. The minimum Gasteiger partial charge on any atom is -0.480 e. The highest BCUT2D eigenvalue weighted by molar-refractivity contribution is 5.81. The van der Waals surface area contributed by atoms with Gasteiger partial charge < -0.3 is 14.7 Å². The topological polar surface area (TPSA) is 83.9 Å². The molecule has 1 saturated heterocycles. The van der Waals surface area contributed by atoms with Crippen LogP contribution in [0.4, 0.5) is 0 Å². The molecule has 1 aliphatic rings. The first-order valence-corrected chi connectivity index (χ1v) is 9.13. The van der Waals surface area contributed by atoms with Crippen LogP contribution in [0.15, 0.2) is 30.3 Å². The summed E-state index contributed by atoms with van der Waals surface area (Å²) in [5.74, 6) is 4.37. The Balaban J connectivity index is 2.00. The molecule has 2 unspecified atom stereocenters. The molecule has 6 heteroatoms. The summed E-state index contributed by atoms with van der Waals surface area (Å²) < 4.78 is 5.33. The van der Waals surface area contributed by atoms with Gasteiger partial charge in [-0.25, -0.2) is 4.79 Å². The van der Waals surface area contributed by atoms with Crippen LogP contribution in [0, 0.1) is 11.8 Å². The van der Waals surface area contributed by atoms with Gasteiger partial charge in [-0.3, -0.25) is 9.59 Å². The van der Waals surface area contributed by atoms with Crippen LogP contribution in [0.2, 0.25) is 0 Å². The monoisotopic (exact) mass is 371 g/mol. The van der Waals surface area contributed by atoms with Gasteiger partial charge in [0.2, 0.25) is 5.91 Å². The molecule has 0 saturated carbocycles. The SMILES string of the molecule is CC#CC(OCC(=O)O)N1C(=O)CCCC1CCC(=O)Cc1ccccc1. The fourth-order valence-corrected chi connectivity index (χ4v) is 3.27. The van der Waals surface area contributed by atoms with Gasteiger partial charge in [-0.15, -0.1) is 5.92 Å². The Labute approximate surface area is 159 Å². The summed E-state index contributed by atoms with van der Waals surface area (Å²) in [7, 11) is 0. The van der Waals surface area contributed by atoms with E-state index in [2.05, 4.69) is 11.8 Å². The van der Waals surface area contributed by atoms with Gasteiger partial charge in [0.25, 0.3) is 0 Å². The third-order valence-corrected chi connectivity index (χ3v) is 4.50. The van der Waals surface area contributed by atoms with E-state index in [4.69, 9.17) is 9.84 Å². The van der Waals surface area contributed by atoms with Crippen LogP contribution < -0.4 is 0 Å². The Bertz CT molecular complexity index is 719. The molecular formula is C21H25NO5. The highest BCUT2D eigenvalue weighted by atomic mass is 16.5. The second kappa shape index (κ2) is 10.5. The first-order valence-electron chi connectivity index (χ1n) is 9.13. The molecule has 6 nitrogen and oxygen atoms in total. The lowest BCUT2D eigenvalue weighted by atomic mass is 9.95. The number of piperidine rings is 1. The zero-order chi connectivity index (χ0) is 19.6. The Hall–Kier alpha value is -2.65. The number of rotatable bonds is 9. The maximum Gasteiger partial charge on any atom is 0.329 e. The van der Waals surface area contributed by atoms with Crippen LogP contribution in [-0.4, -0.2) is 46.5 Å². The predicted octanol–water partition coefficient (Wildman–Crippen LogP) is 2.41. The molecule has 1 heterocycles. The molecule has 0 spiro atoms. The molecule has 0 aliphatic carbocycles. The van der Waals surface area contributed by atoms with Gasteiger partial charge in [-0.05, 0) is 37.7 Å². The molecule has 2 atom stereocenters. The zero-order valence-electron chi connectivity index (χ0n) is 15.5. The highest BCUT2D eigenvalue weighted by Crippen LogP contribution is 2.25. The molecule has 144 valence electrons. The summed E-state index contributed by atoms with van der Waals surface area (Å²) in [5.41, 5.74) is 0.971. The number of ketones is 1. The van der Waals surface area contributed by atoms with Crippen LogP contribution in [0.3, 0.4) is 0 Å². The number of ether oxygens (including phenoxy) is 1. The van der Waals surface area contributed by atoms with E-state index in [0.29, 0.717) is 25.7 Å². The van der Waals surface area contributed by atoms with Crippen LogP contribution in [0.25, 0.3) is 0 Å². The number of hydrogen-bond acceptors (Lipinski definition) is 4. The van der Waals surface area contributed by atoms with Gasteiger partial charge in [0.15, 0.2) is 6.23 Å². The Morgan fingerprint density at radius 2 is 2.07 bits per heavy atom. The van der Waals surface area contributed by atoms with E-state index in [9.17, 15) is 14.4 Å². The lowest BCUT2D eigenvalue weighted by Crippen LogP contribution is -2.50. The minimum absolute atomic E-state index is 0.111. The summed E-state index contributed by atoms with van der Waals surface area (Å²) in [4.78, 5) is 37.1. The summed E-state index contributed by atoms with van der Waals surface area (Å²) in [5, 5.41) is 8.86. The van der Waals surface area contributed by atoms with Crippen LogP contribution >= 0.6 is 0 Å². The predicted molar refractivity (Wildman–Crippen MR) is 99.7 cm³/mol. The molecule has 1 fully saturated rings. The van der Waals surface area contributed by atoms with E-state index in [1.165, 1.54) is 4.90 Å². The molecule has 0 aromatic heterocycles. The Morgan fingerprint density at radius 3 is 2.74 bits per heavy atom. The van der Waals surface area contributed by atoms with E-state index in [1.807, 2.05) is 30.3 Å². The zero-order valence-corrected chi connectivity index (χ0v) is 15.5. The quantitative estimate of drug-likeness (QED) is 0.674. The van der Waals surface area contributed by atoms with Crippen LogP contribution in [0.5, 0.6) is 0 Å². The van der Waals surface area contributed by atoms with E-state index in [0.717, 1.165) is 18.4 Å². The maximum atomic E-state index is 12.4. The van der Waals surface area contributed by atoms with Gasteiger partial charge in [-0.1, -0.05) is 30.3 Å². The number of benzene rings is 1. The van der Waals surface area contributed by atoms with Crippen LogP contribution in [0.1, 0.15) is 44.6 Å². The molecule has 1 aliphatic heterocycles. The first-order chi connectivity index (χ1) is 13.0. The molecule has 1 aromatic rings. The van der Waals surface area contributed by atoms with Gasteiger partial charge in [0, 0.05) is 25.3 Å². The van der Waals surface area contributed by atoms with Crippen LogP contribution in [-0.2, 0) is 25.5 Å². The van der Waals surface area contributed by atoms with Gasteiger partial charge in [0.05, 0.1) is 0 Å². The van der Waals surface area contributed by atoms with Gasteiger partial charge >= 0.3 is 5.97 Å². The normalized spacial score (nSPS) is 17.7. The third kappa shape index (κ3) is 6.54. The van der Waals surface area contributed by atoms with Gasteiger partial charge in [0.1, 0.15) is 12.4 Å². The van der Waals surface area contributed by atoms with Gasteiger partial charge in [-0.2, -0.15) is 0 Å². The number of amides is 1. The molecular weight excluding hydrogens is 346 g/mol. The minimum atomic E-state index is -1.11. The second-order valence-electron chi connectivity index (χ2n) is 6.54. The van der Waals surface area contributed by atoms with E-state index >= 15 is 0 Å². The van der Waals surface area contributed by atoms with Crippen molar-refractivity contribution in [3.8, 4) is 11.8 Å².